The minimum Gasteiger partial charge on any atom is -0.497 e. The number of hydrogen-bond acceptors (Lipinski definition) is 5. The Bertz CT molecular complexity index is 1390. The maximum atomic E-state index is 13.9. The lowest BCUT2D eigenvalue weighted by atomic mass is 10.1. The Balaban J connectivity index is 2.02. The molecule has 3 aromatic carbocycles. The molecule has 214 valence electrons. The maximum absolute atomic E-state index is 13.9. The van der Waals surface area contributed by atoms with Gasteiger partial charge in [0.2, 0.25) is 11.8 Å². The van der Waals surface area contributed by atoms with Crippen LogP contribution in [0.5, 0.6) is 5.75 Å². The van der Waals surface area contributed by atoms with Crippen LogP contribution in [0.2, 0.25) is 0 Å². The van der Waals surface area contributed by atoms with Crippen molar-refractivity contribution >= 4 is 27.5 Å². The lowest BCUT2D eigenvalue weighted by Crippen LogP contribution is -2.52. The fourth-order valence-electron chi connectivity index (χ4n) is 3.95. The maximum Gasteiger partial charge on any atom is 0.264 e. The Kier molecular flexibility index (Phi) is 10.3. The lowest BCUT2D eigenvalue weighted by Gasteiger charge is -2.32. The van der Waals surface area contributed by atoms with E-state index in [0.29, 0.717) is 17.7 Å². The molecule has 0 radical (unpaired) electrons. The van der Waals surface area contributed by atoms with Crippen LogP contribution in [0.1, 0.15) is 38.3 Å². The first-order chi connectivity index (χ1) is 19.0. The fraction of sp³-hybridized carbons (Fsp3) is 0.333. The number of aryl methyl sites for hydroxylation is 1. The minimum atomic E-state index is -4.17. The number of methoxy groups -OCH3 is 1. The Morgan fingerprint density at radius 2 is 1.55 bits per heavy atom. The average Bonchev–Trinajstić information content (AvgIpc) is 2.95. The highest BCUT2D eigenvalue weighted by molar-refractivity contribution is 7.92. The van der Waals surface area contributed by atoms with Crippen LogP contribution in [0.25, 0.3) is 0 Å². The Morgan fingerprint density at radius 1 is 0.950 bits per heavy atom. The summed E-state index contributed by atoms with van der Waals surface area (Å²) in [6.07, 6.45) is 0.699. The van der Waals surface area contributed by atoms with Gasteiger partial charge in [-0.15, -0.1) is 0 Å². The third-order valence-corrected chi connectivity index (χ3v) is 8.47. The van der Waals surface area contributed by atoms with E-state index >= 15 is 0 Å². The molecule has 0 aliphatic heterocycles. The van der Waals surface area contributed by atoms with Gasteiger partial charge in [0.25, 0.3) is 10.0 Å². The largest absolute Gasteiger partial charge is 0.497 e. The van der Waals surface area contributed by atoms with Crippen molar-refractivity contribution in [2.75, 3.05) is 18.0 Å². The molecule has 2 amide bonds. The molecule has 2 unspecified atom stereocenters. The van der Waals surface area contributed by atoms with Crippen molar-refractivity contribution in [1.82, 2.24) is 10.2 Å². The molecule has 3 rings (SSSR count). The second kappa shape index (κ2) is 13.4. The summed E-state index contributed by atoms with van der Waals surface area (Å²) in [7, 11) is -2.67. The molecule has 0 saturated carbocycles. The number of carbonyl (C=O) groups excluding carboxylic acids is 2. The number of halogens is 1. The van der Waals surface area contributed by atoms with Crippen LogP contribution in [0.4, 0.5) is 10.1 Å². The molecule has 1 N–H and O–H groups in total. The van der Waals surface area contributed by atoms with Crippen molar-refractivity contribution in [3.8, 4) is 5.75 Å². The van der Waals surface area contributed by atoms with Gasteiger partial charge in [-0.25, -0.2) is 12.8 Å². The van der Waals surface area contributed by atoms with Crippen molar-refractivity contribution in [1.29, 1.82) is 0 Å². The number of amides is 2. The predicted molar refractivity (Wildman–Crippen MR) is 153 cm³/mol. The molecule has 40 heavy (non-hydrogen) atoms. The van der Waals surface area contributed by atoms with Crippen LogP contribution < -0.4 is 14.4 Å². The van der Waals surface area contributed by atoms with Crippen molar-refractivity contribution in [2.24, 2.45) is 0 Å². The third kappa shape index (κ3) is 7.59. The monoisotopic (exact) mass is 569 g/mol. The van der Waals surface area contributed by atoms with Gasteiger partial charge in [0.15, 0.2) is 0 Å². The van der Waals surface area contributed by atoms with Crippen LogP contribution in [0, 0.1) is 12.7 Å². The zero-order chi connectivity index (χ0) is 29.4. The first-order valence-corrected chi connectivity index (χ1v) is 14.5. The fourth-order valence-corrected chi connectivity index (χ4v) is 5.36. The van der Waals surface area contributed by atoms with Crippen LogP contribution in [-0.2, 0) is 26.2 Å². The number of nitrogens with zero attached hydrogens (tertiary/aromatic N) is 2. The molecule has 0 aliphatic rings. The smallest absolute Gasteiger partial charge is 0.264 e. The summed E-state index contributed by atoms with van der Waals surface area (Å²) in [5, 5.41) is 2.88. The third-order valence-electron chi connectivity index (χ3n) is 6.68. The highest BCUT2D eigenvalue weighted by Gasteiger charge is 2.32. The first kappa shape index (κ1) is 30.6. The minimum absolute atomic E-state index is 0.0186. The number of benzene rings is 3. The van der Waals surface area contributed by atoms with Crippen LogP contribution in [0.3, 0.4) is 0 Å². The van der Waals surface area contributed by atoms with Crippen molar-refractivity contribution in [2.45, 2.75) is 57.6 Å². The number of rotatable bonds is 12. The van der Waals surface area contributed by atoms with Gasteiger partial charge in [-0.2, -0.15) is 0 Å². The summed E-state index contributed by atoms with van der Waals surface area (Å²) < 4.78 is 47.5. The van der Waals surface area contributed by atoms with Crippen molar-refractivity contribution in [3.05, 3.63) is 89.7 Å². The van der Waals surface area contributed by atoms with Gasteiger partial charge < -0.3 is 15.0 Å². The molecule has 0 heterocycles. The SMILES string of the molecule is CCC(C)NC(=O)C(C)N(Cc1ccc(F)cc1)C(=O)CN(c1ccc(OC)cc1)S(=O)(=O)c1ccc(C)cc1. The average molecular weight is 570 g/mol. The number of nitrogens with one attached hydrogen (secondary N) is 1. The second-order valence-electron chi connectivity index (χ2n) is 9.66. The molecule has 2 atom stereocenters. The molecule has 0 aliphatic carbocycles. The number of sulfonamides is 1. The lowest BCUT2D eigenvalue weighted by molar-refractivity contribution is -0.139. The summed E-state index contributed by atoms with van der Waals surface area (Å²) in [6, 6.07) is 17.2. The highest BCUT2D eigenvalue weighted by Crippen LogP contribution is 2.27. The van der Waals surface area contributed by atoms with E-state index in [1.807, 2.05) is 20.8 Å². The van der Waals surface area contributed by atoms with Crippen LogP contribution >= 0.6 is 0 Å². The molecule has 0 bridgehead atoms. The summed E-state index contributed by atoms with van der Waals surface area (Å²) in [6.45, 7) is 6.64. The standard InChI is InChI=1S/C30H36FN3O5S/c1-6-22(3)32-30(36)23(4)33(19-24-9-11-25(31)12-10-24)29(35)20-34(26-13-15-27(39-5)16-14-26)40(37,38)28-17-7-21(2)8-18-28/h7-18,22-23H,6,19-20H2,1-5H3,(H,32,36). The number of ether oxygens (including phenoxy) is 1. The number of hydrogen-bond donors (Lipinski definition) is 1. The van der Waals surface area contributed by atoms with Gasteiger partial charge in [-0.05, 0) is 81.3 Å². The summed E-state index contributed by atoms with van der Waals surface area (Å²) in [5.74, 6) is -0.875. The summed E-state index contributed by atoms with van der Waals surface area (Å²) in [5.41, 5.74) is 1.74. The summed E-state index contributed by atoms with van der Waals surface area (Å²) >= 11 is 0. The molecule has 0 saturated heterocycles. The van der Waals surface area contributed by atoms with E-state index in [0.717, 1.165) is 9.87 Å². The van der Waals surface area contributed by atoms with E-state index in [1.165, 1.54) is 48.4 Å². The van der Waals surface area contributed by atoms with Gasteiger partial charge in [-0.3, -0.25) is 13.9 Å². The van der Waals surface area contributed by atoms with Gasteiger partial charge in [-0.1, -0.05) is 36.8 Å². The van der Waals surface area contributed by atoms with Gasteiger partial charge in [0.05, 0.1) is 17.7 Å². The highest BCUT2D eigenvalue weighted by atomic mass is 32.2. The van der Waals surface area contributed by atoms with Crippen molar-refractivity contribution in [3.63, 3.8) is 0 Å². The first-order valence-electron chi connectivity index (χ1n) is 13.0. The Morgan fingerprint density at radius 3 is 2.10 bits per heavy atom. The Labute approximate surface area is 235 Å². The topological polar surface area (TPSA) is 96.0 Å². The molecule has 0 spiro atoms. The van der Waals surface area contributed by atoms with Crippen molar-refractivity contribution < 1.29 is 27.1 Å². The van der Waals surface area contributed by atoms with Gasteiger partial charge >= 0.3 is 0 Å². The normalized spacial score (nSPS) is 12.8. The quantitative estimate of drug-likeness (QED) is 0.342. The second-order valence-corrected chi connectivity index (χ2v) is 11.5. The van der Waals surface area contributed by atoms with Gasteiger partial charge in [0, 0.05) is 12.6 Å². The van der Waals surface area contributed by atoms with E-state index in [1.54, 1.807) is 43.3 Å². The molecule has 8 nitrogen and oxygen atoms in total. The van der Waals surface area contributed by atoms with Gasteiger partial charge in [0.1, 0.15) is 24.2 Å². The molecular weight excluding hydrogens is 533 g/mol. The Hall–Kier alpha value is -3.92. The van der Waals surface area contributed by atoms with Crippen LogP contribution in [0.15, 0.2) is 77.7 Å². The molecule has 0 aromatic heterocycles. The number of anilines is 1. The van der Waals surface area contributed by atoms with E-state index in [4.69, 9.17) is 4.74 Å². The number of carbonyl (C=O) groups is 2. The van der Waals surface area contributed by atoms with E-state index < -0.39 is 34.3 Å². The predicted octanol–water partition coefficient (Wildman–Crippen LogP) is 4.67. The zero-order valence-electron chi connectivity index (χ0n) is 23.4. The van der Waals surface area contributed by atoms with E-state index in [9.17, 15) is 22.4 Å². The molecular formula is C30H36FN3O5S. The molecule has 0 fully saturated rings. The van der Waals surface area contributed by atoms with Crippen LogP contribution in [-0.4, -0.2) is 50.9 Å². The molecule has 10 heteroatoms. The van der Waals surface area contributed by atoms with E-state index in [-0.39, 0.29) is 29.1 Å². The van der Waals surface area contributed by atoms with E-state index in [2.05, 4.69) is 5.32 Å². The summed E-state index contributed by atoms with van der Waals surface area (Å²) in [4.78, 5) is 28.3. The zero-order valence-corrected chi connectivity index (χ0v) is 24.2. The molecule has 3 aromatic rings.